The van der Waals surface area contributed by atoms with E-state index in [2.05, 4.69) is 50.7 Å². The minimum absolute atomic E-state index is 0.267. The Kier molecular flexibility index (Phi) is 6.62. The molecular formula is C26H27F3N6S. The van der Waals surface area contributed by atoms with Crippen molar-refractivity contribution in [3.8, 4) is 6.07 Å². The van der Waals surface area contributed by atoms with Crippen LogP contribution in [0.1, 0.15) is 35.0 Å². The van der Waals surface area contributed by atoms with Gasteiger partial charge in [-0.3, -0.25) is 4.90 Å². The van der Waals surface area contributed by atoms with E-state index in [0.717, 1.165) is 67.2 Å². The molecular weight excluding hydrogens is 485 g/mol. The maximum Gasteiger partial charge on any atom is 0.393 e. The van der Waals surface area contributed by atoms with Crippen molar-refractivity contribution in [2.75, 3.05) is 31.1 Å². The van der Waals surface area contributed by atoms with Crippen LogP contribution in [0.5, 0.6) is 0 Å². The minimum atomic E-state index is -4.24. The number of hydrogen-bond acceptors (Lipinski definition) is 6. The van der Waals surface area contributed by atoms with E-state index in [1.807, 2.05) is 12.1 Å². The zero-order valence-corrected chi connectivity index (χ0v) is 21.0. The molecule has 1 aromatic carbocycles. The Balaban J connectivity index is 1.28. The van der Waals surface area contributed by atoms with Crippen LogP contribution in [0, 0.1) is 24.2 Å². The number of halogens is 3. The van der Waals surface area contributed by atoms with Crippen molar-refractivity contribution in [2.45, 2.75) is 39.4 Å². The first-order valence-electron chi connectivity index (χ1n) is 12.0. The monoisotopic (exact) mass is 512 g/mol. The summed E-state index contributed by atoms with van der Waals surface area (Å²) >= 11 is 1.09. The van der Waals surface area contributed by atoms with Gasteiger partial charge in [-0.25, -0.2) is 9.97 Å². The van der Waals surface area contributed by atoms with E-state index in [4.69, 9.17) is 0 Å². The number of nitrogens with zero attached hydrogens (tertiary/aromatic N) is 5. The number of rotatable bonds is 7. The lowest BCUT2D eigenvalue weighted by molar-refractivity contribution is -0.126. The summed E-state index contributed by atoms with van der Waals surface area (Å²) in [6.07, 6.45) is -2.72. The molecule has 0 bridgehead atoms. The lowest BCUT2D eigenvalue weighted by Gasteiger charge is -2.25. The fourth-order valence-corrected chi connectivity index (χ4v) is 6.16. The van der Waals surface area contributed by atoms with Crippen molar-refractivity contribution in [1.29, 1.82) is 5.26 Å². The molecule has 0 spiro atoms. The van der Waals surface area contributed by atoms with E-state index in [9.17, 15) is 18.4 Å². The van der Waals surface area contributed by atoms with Gasteiger partial charge in [-0.15, -0.1) is 11.3 Å². The first-order chi connectivity index (χ1) is 17.2. The van der Waals surface area contributed by atoms with Crippen LogP contribution in [-0.2, 0) is 13.0 Å². The number of nitriles is 1. The number of aromatic nitrogens is 3. The normalized spacial score (nSPS) is 16.5. The van der Waals surface area contributed by atoms with Crippen molar-refractivity contribution in [3.63, 3.8) is 0 Å². The largest absolute Gasteiger partial charge is 0.393 e. The van der Waals surface area contributed by atoms with Gasteiger partial charge in [0.1, 0.15) is 28.7 Å². The second-order valence-electron chi connectivity index (χ2n) is 9.45. The molecule has 1 aliphatic rings. The molecule has 0 saturated carbocycles. The third-order valence-corrected chi connectivity index (χ3v) is 8.03. The topological polar surface area (TPSA) is 71.8 Å². The molecule has 188 valence electrons. The molecule has 10 heteroatoms. The van der Waals surface area contributed by atoms with E-state index >= 15 is 0 Å². The molecule has 4 aromatic rings. The molecule has 1 fully saturated rings. The standard InChI is InChI=1S/C26H27F3N6S/c1-3-34(14-18-4-5-23-21(16(18)2)8-19(11-30)33-23)12-17-6-7-35(13-17)24-22-9-20(10-26(27,28)29)36-25(22)32-15-31-24/h4-5,8-9,15,17,33H,3,6-7,10,12-14H2,1-2H3. The highest BCUT2D eigenvalue weighted by molar-refractivity contribution is 7.18. The number of benzene rings is 1. The van der Waals surface area contributed by atoms with E-state index < -0.39 is 12.6 Å². The number of aromatic amines is 1. The Hall–Kier alpha value is -3.16. The second-order valence-corrected chi connectivity index (χ2v) is 10.6. The van der Waals surface area contributed by atoms with Crippen molar-refractivity contribution in [2.24, 2.45) is 5.92 Å². The van der Waals surface area contributed by atoms with Crippen molar-refractivity contribution in [3.05, 3.63) is 52.3 Å². The number of aryl methyl sites for hydroxylation is 1. The number of H-pyrrole nitrogens is 1. The first kappa shape index (κ1) is 24.5. The number of anilines is 1. The molecule has 1 saturated heterocycles. The third-order valence-electron chi connectivity index (χ3n) is 6.98. The molecule has 1 unspecified atom stereocenters. The van der Waals surface area contributed by atoms with Gasteiger partial charge in [0.2, 0.25) is 0 Å². The molecule has 1 N–H and O–H groups in total. The number of alkyl halides is 3. The van der Waals surface area contributed by atoms with Gasteiger partial charge >= 0.3 is 6.18 Å². The van der Waals surface area contributed by atoms with E-state index in [-0.39, 0.29) is 4.88 Å². The molecule has 6 nitrogen and oxygen atoms in total. The smallest absolute Gasteiger partial charge is 0.356 e. The van der Waals surface area contributed by atoms with E-state index in [0.29, 0.717) is 21.8 Å². The summed E-state index contributed by atoms with van der Waals surface area (Å²) in [5.74, 6) is 1.17. The predicted octanol–water partition coefficient (Wildman–Crippen LogP) is 5.81. The van der Waals surface area contributed by atoms with Crippen molar-refractivity contribution >= 4 is 38.3 Å². The van der Waals surface area contributed by atoms with Gasteiger partial charge in [0.15, 0.2) is 0 Å². The molecule has 0 aliphatic carbocycles. The zero-order chi connectivity index (χ0) is 25.4. The van der Waals surface area contributed by atoms with Gasteiger partial charge in [-0.1, -0.05) is 13.0 Å². The van der Waals surface area contributed by atoms with Gasteiger partial charge in [0, 0.05) is 42.0 Å². The summed E-state index contributed by atoms with van der Waals surface area (Å²) in [4.78, 5) is 17.3. The molecule has 1 atom stereocenters. The van der Waals surface area contributed by atoms with E-state index in [1.54, 1.807) is 6.07 Å². The molecule has 4 heterocycles. The van der Waals surface area contributed by atoms with Crippen LogP contribution < -0.4 is 4.90 Å². The lowest BCUT2D eigenvalue weighted by atomic mass is 10.0. The Bertz CT molecular complexity index is 1430. The quantitative estimate of drug-likeness (QED) is 0.339. The Labute approximate surface area is 211 Å². The first-order valence-corrected chi connectivity index (χ1v) is 12.8. The van der Waals surface area contributed by atoms with Crippen LogP contribution in [0.4, 0.5) is 19.0 Å². The molecule has 1 aliphatic heterocycles. The fourth-order valence-electron chi connectivity index (χ4n) is 5.14. The highest BCUT2D eigenvalue weighted by Gasteiger charge is 2.30. The number of hydrogen-bond donors (Lipinski definition) is 1. The number of thiophene rings is 1. The van der Waals surface area contributed by atoms with Gasteiger partial charge in [0.25, 0.3) is 0 Å². The summed E-state index contributed by atoms with van der Waals surface area (Å²) in [6.45, 7) is 8.56. The SMILES string of the molecule is CCN(Cc1ccc2[nH]c(C#N)cc2c1C)CC1CCN(c2ncnc3sc(CC(F)(F)F)cc23)C1. The Morgan fingerprint density at radius 3 is 2.83 bits per heavy atom. The fraction of sp³-hybridized carbons (Fsp3) is 0.423. The van der Waals surface area contributed by atoms with Crippen LogP contribution in [0.15, 0.2) is 30.6 Å². The van der Waals surface area contributed by atoms with Crippen LogP contribution in [0.2, 0.25) is 0 Å². The molecule has 0 amide bonds. The average Bonchev–Trinajstić information content (AvgIpc) is 3.56. The number of fused-ring (bicyclic) bond motifs is 2. The third kappa shape index (κ3) is 5.04. The average molecular weight is 513 g/mol. The Morgan fingerprint density at radius 2 is 2.08 bits per heavy atom. The van der Waals surface area contributed by atoms with Crippen molar-refractivity contribution in [1.82, 2.24) is 19.9 Å². The summed E-state index contributed by atoms with van der Waals surface area (Å²) < 4.78 is 38.7. The maximum atomic E-state index is 12.9. The Morgan fingerprint density at radius 1 is 1.25 bits per heavy atom. The highest BCUT2D eigenvalue weighted by Crippen LogP contribution is 2.35. The summed E-state index contributed by atoms with van der Waals surface area (Å²) in [6, 6.07) is 9.86. The van der Waals surface area contributed by atoms with Gasteiger partial charge in [0.05, 0.1) is 11.8 Å². The van der Waals surface area contributed by atoms with Crippen LogP contribution in [-0.4, -0.2) is 52.2 Å². The summed E-state index contributed by atoms with van der Waals surface area (Å²) in [7, 11) is 0. The van der Waals surface area contributed by atoms with Crippen molar-refractivity contribution < 1.29 is 13.2 Å². The van der Waals surface area contributed by atoms with Crippen LogP contribution in [0.25, 0.3) is 21.1 Å². The second kappa shape index (κ2) is 9.71. The van der Waals surface area contributed by atoms with Gasteiger partial charge < -0.3 is 9.88 Å². The highest BCUT2D eigenvalue weighted by atomic mass is 32.1. The predicted molar refractivity (Wildman–Crippen MR) is 136 cm³/mol. The summed E-state index contributed by atoms with van der Waals surface area (Å²) in [5.41, 5.74) is 3.98. The molecule has 3 aromatic heterocycles. The van der Waals surface area contributed by atoms with Gasteiger partial charge in [-0.2, -0.15) is 18.4 Å². The molecule has 36 heavy (non-hydrogen) atoms. The zero-order valence-electron chi connectivity index (χ0n) is 20.2. The van der Waals surface area contributed by atoms with Crippen LogP contribution in [0.3, 0.4) is 0 Å². The van der Waals surface area contributed by atoms with Gasteiger partial charge in [-0.05, 0) is 55.1 Å². The maximum absolute atomic E-state index is 12.9. The number of nitrogens with one attached hydrogen (secondary N) is 1. The minimum Gasteiger partial charge on any atom is -0.356 e. The molecule has 0 radical (unpaired) electrons. The lowest BCUT2D eigenvalue weighted by Crippen LogP contribution is -2.31. The van der Waals surface area contributed by atoms with Crippen LogP contribution >= 0.6 is 11.3 Å². The van der Waals surface area contributed by atoms with E-state index in [1.165, 1.54) is 17.5 Å². The summed E-state index contributed by atoms with van der Waals surface area (Å²) in [5, 5.41) is 11.0. The molecule has 5 rings (SSSR count).